The average Bonchev–Trinajstić information content (AvgIpc) is 3.62. The molecule has 5 heterocycles. The van der Waals surface area contributed by atoms with Crippen molar-refractivity contribution in [3.8, 4) is 0 Å². The molecule has 0 aliphatic carbocycles. The van der Waals surface area contributed by atoms with E-state index in [-0.39, 0.29) is 87.1 Å². The van der Waals surface area contributed by atoms with Crippen LogP contribution in [-0.2, 0) is 61.8 Å². The summed E-state index contributed by atoms with van der Waals surface area (Å²) in [6.45, 7) is 7.28. The number of unbranched alkanes of at least 4 members (excludes halogenated alkanes) is 1. The molecule has 8 atom stereocenters. The second-order valence-electron chi connectivity index (χ2n) is 19.6. The van der Waals surface area contributed by atoms with Gasteiger partial charge in [0.15, 0.2) is 0 Å². The number of carboxylic acid groups (broad SMARTS) is 1. The summed E-state index contributed by atoms with van der Waals surface area (Å²) >= 11 is 5.05. The molecule has 5 saturated heterocycles. The number of amidine groups is 1. The Kier molecular flexibility index (Phi) is 24.7. The van der Waals surface area contributed by atoms with E-state index >= 15 is 0 Å². The van der Waals surface area contributed by atoms with Gasteiger partial charge in [0.25, 0.3) is 0 Å². The minimum Gasteiger partial charge on any atom is -0.481 e. The molecule has 5 aliphatic rings. The Morgan fingerprint density at radius 1 is 0.833 bits per heavy atom. The smallest absolute Gasteiger partial charge is 0.306 e. The first kappa shape index (κ1) is 59.2. The number of rotatable bonds is 27. The Balaban J connectivity index is 1.14. The van der Waals surface area contributed by atoms with E-state index in [1.807, 2.05) is 37.1 Å². The molecule has 1 aromatic carbocycles. The number of carboxylic acids is 1. The zero-order chi connectivity index (χ0) is 52.3. The van der Waals surface area contributed by atoms with Crippen LogP contribution in [0.3, 0.4) is 0 Å². The van der Waals surface area contributed by atoms with Gasteiger partial charge in [-0.15, -0.1) is 11.8 Å². The molecular formula is C50H73GaN6O12S3. The van der Waals surface area contributed by atoms with Gasteiger partial charge in [-0.3, -0.25) is 33.9 Å². The number of thioether (sulfide) groups is 2. The number of amides is 2. The molecule has 6 rings (SSSR count). The number of hydrogen-bond acceptors (Lipinski definition) is 18. The van der Waals surface area contributed by atoms with Crippen LogP contribution in [0.5, 0.6) is 0 Å². The first-order valence-electron chi connectivity index (χ1n) is 25.2. The second kappa shape index (κ2) is 30.0. The second-order valence-corrected chi connectivity index (χ2v) is 25.2. The van der Waals surface area contributed by atoms with Crippen molar-refractivity contribution in [2.75, 3.05) is 83.7 Å². The van der Waals surface area contributed by atoms with Crippen molar-refractivity contribution in [3.05, 3.63) is 35.4 Å². The number of benzene rings is 1. The Labute approximate surface area is 444 Å². The number of Topliss-reactive ketones (excluding diaryl/α,β-unsaturated/α-hetero) is 2. The maximum Gasteiger partial charge on any atom is 0.306 e. The number of likely N-dealkylation sites (tertiary alicyclic amines) is 1. The molecule has 1 aromatic rings. The third kappa shape index (κ3) is 19.2. The summed E-state index contributed by atoms with van der Waals surface area (Å²) in [4.78, 5) is 117. The number of nitrogens with two attached hydrogens (primary N) is 1. The van der Waals surface area contributed by atoms with Gasteiger partial charge in [0.2, 0.25) is 11.8 Å². The Morgan fingerprint density at radius 3 is 2.21 bits per heavy atom. The minimum atomic E-state index is -3.95. The number of aliphatic carboxylic acids is 1. The molecule has 396 valence electrons. The van der Waals surface area contributed by atoms with Gasteiger partial charge in [0.05, 0.1) is 17.0 Å². The third-order valence-corrected chi connectivity index (χ3v) is 19.0. The first-order chi connectivity index (χ1) is 34.4. The Morgan fingerprint density at radius 2 is 1.51 bits per heavy atom. The number of imide groups is 1. The van der Waals surface area contributed by atoms with Crippen LogP contribution in [0, 0.1) is 23.7 Å². The molecule has 3 N–H and O–H groups in total. The summed E-state index contributed by atoms with van der Waals surface area (Å²) in [6.07, 6.45) is 6.47. The summed E-state index contributed by atoms with van der Waals surface area (Å²) in [5.41, 5.74) is 7.79. The molecule has 8 unspecified atom stereocenters. The first-order valence-corrected chi connectivity index (χ1v) is 31.0. The van der Waals surface area contributed by atoms with Gasteiger partial charge in [-0.1, -0.05) is 32.5 Å². The summed E-state index contributed by atoms with van der Waals surface area (Å²) in [5, 5.41) is 9.70. The fourth-order valence-corrected chi connectivity index (χ4v) is 13.8. The van der Waals surface area contributed by atoms with E-state index in [0.717, 1.165) is 28.2 Å². The van der Waals surface area contributed by atoms with Gasteiger partial charge in [0.1, 0.15) is 11.6 Å². The van der Waals surface area contributed by atoms with Crippen molar-refractivity contribution in [3.63, 3.8) is 0 Å². The van der Waals surface area contributed by atoms with Crippen LogP contribution in [-0.4, -0.2) is 195 Å². The standard InChI is InChI=1S/C50H76N6O12S3.Ga/c1-33(2)40(42(58)27-37(50(67)68)8-5-6-16-56-45(59)29-43(49(56)66)71-22-7-9-44(51)52-3)28-41(57)36(15-23-70-4)26-39(69)25-35-12-10-34(11-13-35)24-38-30-53(17-14-46(60)61)18-19-54(31-47(62)63)20-21-55(38)32-48(64)65;/h10-13,33,36-38,40,43H,5-9,14-32H2,1-4H3,(H2,51,52)(H,60,61)(H,62,63)(H,64,65)(H,67,68);/q;+3/p-3/i;1-3. The van der Waals surface area contributed by atoms with Gasteiger partial charge in [-0.25, -0.2) is 0 Å². The molecule has 2 amide bonds. The van der Waals surface area contributed by atoms with Gasteiger partial charge in [-0.2, -0.15) is 11.8 Å². The van der Waals surface area contributed by atoms with Crippen molar-refractivity contribution in [2.24, 2.45) is 34.4 Å². The zero-order valence-corrected chi connectivity index (χ0v) is 47.2. The topological polar surface area (TPSA) is 236 Å². The van der Waals surface area contributed by atoms with Crippen LogP contribution < -0.4 is 5.73 Å². The van der Waals surface area contributed by atoms with Crippen LogP contribution >= 0.6 is 35.7 Å². The normalized spacial score (nSPS) is 23.4. The minimum absolute atomic E-state index is 0.00167. The number of hydrogen-bond donors (Lipinski definition) is 2. The molecular weight excluding hydrogens is 1040 g/mol. The van der Waals surface area contributed by atoms with E-state index in [1.165, 1.54) is 16.7 Å². The molecule has 0 spiro atoms. The van der Waals surface area contributed by atoms with Crippen molar-refractivity contribution >= 4 is 111 Å². The molecule has 0 saturated carbocycles. The summed E-state index contributed by atoms with van der Waals surface area (Å²) in [7, 11) is 1.63. The predicted octanol–water partition coefficient (Wildman–Crippen LogP) is 3.91. The van der Waals surface area contributed by atoms with Crippen LogP contribution in [0.25, 0.3) is 0 Å². The fraction of sp³-hybridized carbons (Fsp3) is 0.680. The predicted molar refractivity (Wildman–Crippen MR) is 281 cm³/mol. The zero-order valence-electron chi connectivity index (χ0n) is 42.3. The molecule has 0 radical (unpaired) electrons. The summed E-state index contributed by atoms with van der Waals surface area (Å²) in [6, 6.07) is 8.07. The summed E-state index contributed by atoms with van der Waals surface area (Å²) in [5.74, 6) is -3.80. The number of fused-ring (bicyclic) bond motifs is 10. The molecule has 22 heteroatoms. The number of thiocarbonyl (C=S) groups is 1. The van der Waals surface area contributed by atoms with Crippen molar-refractivity contribution < 1.29 is 54.1 Å². The molecule has 5 aliphatic heterocycles. The molecule has 4 bridgehead atoms. The maximum atomic E-state index is 14.1. The van der Waals surface area contributed by atoms with Crippen molar-refractivity contribution in [1.82, 2.24) is 19.6 Å². The molecule has 5 fully saturated rings. The van der Waals surface area contributed by atoms with E-state index in [4.69, 9.17) is 28.5 Å². The monoisotopic (exact) mass is 1110 g/mol. The maximum absolute atomic E-state index is 14.1. The molecule has 18 nitrogen and oxygen atoms in total. The van der Waals surface area contributed by atoms with Crippen LogP contribution in [0.15, 0.2) is 29.3 Å². The SMILES string of the molecule is CN=C(N)CCCSC1CC(=O)N(CCCCC(CC(=O)C(CC(=O)C(CCSC)CC(=S)Cc2ccc(CC3CN4CCC(=O)[O][67Ga]5[O]C(=O)CN(CC4)CCN3CC(=O)[O]5)cc2)C(C)C)C(=O)O)C1=O. The van der Waals surface area contributed by atoms with Crippen LogP contribution in [0.4, 0.5) is 0 Å². The van der Waals surface area contributed by atoms with Gasteiger partial charge >= 0.3 is 199 Å². The number of carbonyl (C=O) groups excluding carboxylic acids is 7. The number of ketones is 2. The largest absolute Gasteiger partial charge is 0.481 e. The van der Waals surface area contributed by atoms with Crippen molar-refractivity contribution in [1.29, 1.82) is 0 Å². The Bertz CT molecular complexity index is 2120. The van der Waals surface area contributed by atoms with E-state index < -0.39 is 64.2 Å². The van der Waals surface area contributed by atoms with Crippen LogP contribution in [0.2, 0.25) is 0 Å². The van der Waals surface area contributed by atoms with E-state index in [1.54, 1.807) is 18.8 Å². The number of aliphatic imine (C=N–C) groups is 1. The van der Waals surface area contributed by atoms with E-state index in [0.29, 0.717) is 95.8 Å². The quantitative estimate of drug-likeness (QED) is 0.0317. The van der Waals surface area contributed by atoms with Gasteiger partial charge in [0, 0.05) is 51.1 Å². The third-order valence-electron chi connectivity index (χ3n) is 13.9. The fourth-order valence-electron chi connectivity index (χ4n) is 9.60. The van der Waals surface area contributed by atoms with Gasteiger partial charge < -0.3 is 10.8 Å². The molecule has 0 aromatic heterocycles. The van der Waals surface area contributed by atoms with Crippen molar-refractivity contribution in [2.45, 2.75) is 109 Å². The van der Waals surface area contributed by atoms with Crippen LogP contribution in [0.1, 0.15) is 95.6 Å². The van der Waals surface area contributed by atoms with E-state index in [9.17, 15) is 43.5 Å². The number of carbonyl (C=O) groups is 8. The molecule has 72 heavy (non-hydrogen) atoms. The Hall–Kier alpha value is -3.64. The van der Waals surface area contributed by atoms with Gasteiger partial charge in [-0.05, 0) is 55.8 Å². The van der Waals surface area contributed by atoms with E-state index in [2.05, 4.69) is 26.9 Å². The summed E-state index contributed by atoms with van der Waals surface area (Å²) < 4.78 is 16.4. The number of nitrogens with zero attached hydrogens (tertiary/aromatic N) is 5. The average molecular weight is 1110 g/mol.